The van der Waals surface area contributed by atoms with Gasteiger partial charge in [0.25, 0.3) is 0 Å². The number of benzene rings is 1. The van der Waals surface area contributed by atoms with Crippen molar-refractivity contribution < 1.29 is 4.74 Å². The normalized spacial score (nSPS) is 10.8. The maximum Gasteiger partial charge on any atom is 0.130 e. The third-order valence-electron chi connectivity index (χ3n) is 3.03. The van der Waals surface area contributed by atoms with Crippen molar-refractivity contribution in [3.63, 3.8) is 0 Å². The van der Waals surface area contributed by atoms with Crippen LogP contribution in [0.1, 0.15) is 17.7 Å². The van der Waals surface area contributed by atoms with Gasteiger partial charge in [-0.1, -0.05) is 18.2 Å². The Morgan fingerprint density at radius 3 is 2.67 bits per heavy atom. The van der Waals surface area contributed by atoms with Gasteiger partial charge in [0, 0.05) is 19.3 Å². The van der Waals surface area contributed by atoms with E-state index in [1.54, 1.807) is 11.8 Å². The van der Waals surface area contributed by atoms with E-state index in [9.17, 15) is 0 Å². The summed E-state index contributed by atoms with van der Waals surface area (Å²) in [5.41, 5.74) is 9.22. The molecule has 0 bridgehead atoms. The van der Waals surface area contributed by atoms with Gasteiger partial charge >= 0.3 is 0 Å². The molecule has 0 amide bonds. The number of rotatable bonds is 5. The summed E-state index contributed by atoms with van der Waals surface area (Å²) in [5, 5.41) is 4.59. The topological polar surface area (TPSA) is 53.1 Å². The van der Waals surface area contributed by atoms with Crippen molar-refractivity contribution in [2.24, 2.45) is 0 Å². The Hall–Kier alpha value is -1.81. The first-order valence-electron chi connectivity index (χ1n) is 6.12. The van der Waals surface area contributed by atoms with Crippen LogP contribution in [0.3, 0.4) is 0 Å². The fourth-order valence-corrected chi connectivity index (χ4v) is 1.94. The van der Waals surface area contributed by atoms with E-state index in [1.165, 1.54) is 0 Å². The second-order valence-corrected chi connectivity index (χ2v) is 4.30. The lowest BCUT2D eigenvalue weighted by Gasteiger charge is -2.02. The zero-order valence-electron chi connectivity index (χ0n) is 10.9. The fraction of sp³-hybridized carbons (Fsp3) is 0.357. The van der Waals surface area contributed by atoms with Crippen LogP contribution in [0, 0.1) is 6.92 Å². The highest BCUT2D eigenvalue weighted by atomic mass is 16.5. The molecule has 2 aromatic rings. The summed E-state index contributed by atoms with van der Waals surface area (Å²) in [6.07, 6.45) is 1.85. The molecule has 0 aliphatic carbocycles. The molecule has 0 fully saturated rings. The lowest BCUT2D eigenvalue weighted by molar-refractivity contribution is 0.195. The molecular formula is C14H19N3O. The predicted octanol–water partition coefficient (Wildman–Crippen LogP) is 2.34. The molecular weight excluding hydrogens is 226 g/mol. The van der Waals surface area contributed by atoms with E-state index in [0.717, 1.165) is 36.4 Å². The van der Waals surface area contributed by atoms with E-state index < -0.39 is 0 Å². The van der Waals surface area contributed by atoms with Crippen LogP contribution in [0.25, 0.3) is 5.69 Å². The van der Waals surface area contributed by atoms with Gasteiger partial charge in [0.1, 0.15) is 5.82 Å². The predicted molar refractivity (Wildman–Crippen MR) is 72.9 cm³/mol. The molecule has 0 unspecified atom stereocenters. The summed E-state index contributed by atoms with van der Waals surface area (Å²) in [7, 11) is 1.71. The molecule has 2 rings (SSSR count). The highest BCUT2D eigenvalue weighted by Crippen LogP contribution is 2.20. The number of nitrogens with two attached hydrogens (primary N) is 1. The molecule has 1 aromatic heterocycles. The number of nitrogen functional groups attached to an aromatic ring is 1. The van der Waals surface area contributed by atoms with Crippen molar-refractivity contribution in [1.82, 2.24) is 9.78 Å². The zero-order chi connectivity index (χ0) is 13.0. The number of hydrogen-bond acceptors (Lipinski definition) is 3. The first-order valence-corrected chi connectivity index (χ1v) is 6.12. The van der Waals surface area contributed by atoms with Crippen LogP contribution in [-0.2, 0) is 11.2 Å². The minimum atomic E-state index is 0.716. The minimum Gasteiger partial charge on any atom is -0.385 e. The molecule has 2 N–H and O–H groups in total. The summed E-state index contributed by atoms with van der Waals surface area (Å²) in [5.74, 6) is 0.716. The Balaban J connectivity index is 2.25. The molecule has 4 heteroatoms. The lowest BCUT2D eigenvalue weighted by atomic mass is 10.2. The van der Waals surface area contributed by atoms with Crippen LogP contribution in [-0.4, -0.2) is 23.5 Å². The van der Waals surface area contributed by atoms with Crippen LogP contribution in [0.2, 0.25) is 0 Å². The van der Waals surface area contributed by atoms with E-state index >= 15 is 0 Å². The van der Waals surface area contributed by atoms with Gasteiger partial charge in [0.05, 0.1) is 11.4 Å². The maximum atomic E-state index is 6.11. The molecule has 0 saturated heterocycles. The van der Waals surface area contributed by atoms with E-state index in [4.69, 9.17) is 10.5 Å². The molecule has 0 aliphatic rings. The molecule has 0 saturated carbocycles. The number of aromatic nitrogens is 2. The Bertz CT molecular complexity index is 505. The summed E-state index contributed by atoms with van der Waals surface area (Å²) >= 11 is 0. The molecule has 0 spiro atoms. The number of methoxy groups -OCH3 is 1. The average molecular weight is 245 g/mol. The minimum absolute atomic E-state index is 0.716. The molecule has 0 aliphatic heterocycles. The van der Waals surface area contributed by atoms with Crippen molar-refractivity contribution >= 4 is 5.82 Å². The SMILES string of the molecule is COCCCc1nn(-c2ccccc2)c(N)c1C. The van der Waals surface area contributed by atoms with Gasteiger partial charge in [-0.15, -0.1) is 0 Å². The number of anilines is 1. The number of para-hydroxylation sites is 1. The van der Waals surface area contributed by atoms with Gasteiger partial charge in [-0.05, 0) is 31.9 Å². The summed E-state index contributed by atoms with van der Waals surface area (Å²) in [4.78, 5) is 0. The third-order valence-corrected chi connectivity index (χ3v) is 3.03. The lowest BCUT2D eigenvalue weighted by Crippen LogP contribution is -2.02. The Morgan fingerprint density at radius 1 is 1.28 bits per heavy atom. The molecule has 0 radical (unpaired) electrons. The maximum absolute atomic E-state index is 6.11. The first-order chi connectivity index (χ1) is 8.74. The molecule has 1 aromatic carbocycles. The van der Waals surface area contributed by atoms with Crippen LogP contribution < -0.4 is 5.73 Å². The van der Waals surface area contributed by atoms with Gasteiger partial charge < -0.3 is 10.5 Å². The quantitative estimate of drug-likeness (QED) is 0.823. The highest BCUT2D eigenvalue weighted by molar-refractivity contribution is 5.49. The highest BCUT2D eigenvalue weighted by Gasteiger charge is 2.12. The average Bonchev–Trinajstić information content (AvgIpc) is 2.68. The van der Waals surface area contributed by atoms with E-state index in [0.29, 0.717) is 5.82 Å². The second-order valence-electron chi connectivity index (χ2n) is 4.30. The van der Waals surface area contributed by atoms with Crippen LogP contribution >= 0.6 is 0 Å². The first kappa shape index (κ1) is 12.6. The fourth-order valence-electron chi connectivity index (χ4n) is 1.94. The van der Waals surface area contributed by atoms with Crippen LogP contribution in [0.15, 0.2) is 30.3 Å². The second kappa shape index (κ2) is 5.69. The van der Waals surface area contributed by atoms with Gasteiger partial charge in [-0.2, -0.15) is 5.10 Å². The number of nitrogens with zero attached hydrogens (tertiary/aromatic N) is 2. The summed E-state index contributed by atoms with van der Waals surface area (Å²) in [6, 6.07) is 9.95. The van der Waals surface area contributed by atoms with Crippen molar-refractivity contribution in [3.8, 4) is 5.69 Å². The summed E-state index contributed by atoms with van der Waals surface area (Å²) < 4.78 is 6.86. The van der Waals surface area contributed by atoms with Gasteiger partial charge in [0.15, 0.2) is 0 Å². The molecule has 0 atom stereocenters. The monoisotopic (exact) mass is 245 g/mol. The van der Waals surface area contributed by atoms with Crippen molar-refractivity contribution in [2.45, 2.75) is 19.8 Å². The smallest absolute Gasteiger partial charge is 0.130 e. The van der Waals surface area contributed by atoms with Crippen molar-refractivity contribution in [2.75, 3.05) is 19.5 Å². The van der Waals surface area contributed by atoms with Crippen molar-refractivity contribution in [3.05, 3.63) is 41.6 Å². The molecule has 4 nitrogen and oxygen atoms in total. The third kappa shape index (κ3) is 2.54. The Kier molecular flexibility index (Phi) is 3.99. The van der Waals surface area contributed by atoms with Crippen LogP contribution in [0.4, 0.5) is 5.82 Å². The molecule has 96 valence electrons. The van der Waals surface area contributed by atoms with Crippen molar-refractivity contribution in [1.29, 1.82) is 0 Å². The standard InChI is InChI=1S/C14H19N3O/c1-11-13(9-6-10-18-2)16-17(14(11)15)12-7-4-3-5-8-12/h3-5,7-8H,6,9-10,15H2,1-2H3. The van der Waals surface area contributed by atoms with Crippen LogP contribution in [0.5, 0.6) is 0 Å². The van der Waals surface area contributed by atoms with Gasteiger partial charge in [-0.3, -0.25) is 0 Å². The molecule has 18 heavy (non-hydrogen) atoms. The van der Waals surface area contributed by atoms with E-state index in [2.05, 4.69) is 5.10 Å². The van der Waals surface area contributed by atoms with E-state index in [-0.39, 0.29) is 0 Å². The summed E-state index contributed by atoms with van der Waals surface area (Å²) in [6.45, 7) is 2.77. The Labute approximate surface area is 107 Å². The molecule has 1 heterocycles. The van der Waals surface area contributed by atoms with Gasteiger partial charge in [0.2, 0.25) is 0 Å². The van der Waals surface area contributed by atoms with Gasteiger partial charge in [-0.25, -0.2) is 4.68 Å². The number of aryl methyl sites for hydroxylation is 1. The van der Waals surface area contributed by atoms with E-state index in [1.807, 2.05) is 37.3 Å². The number of hydrogen-bond donors (Lipinski definition) is 1. The largest absolute Gasteiger partial charge is 0.385 e. The zero-order valence-corrected chi connectivity index (χ0v) is 10.9. The Morgan fingerprint density at radius 2 is 2.00 bits per heavy atom. The number of ether oxygens (including phenoxy) is 1.